The van der Waals surface area contributed by atoms with Gasteiger partial charge in [-0.3, -0.25) is 4.79 Å². The number of carbonyl (C=O) groups excluding carboxylic acids is 1. The van der Waals surface area contributed by atoms with Crippen molar-refractivity contribution in [3.63, 3.8) is 0 Å². The van der Waals surface area contributed by atoms with Crippen LogP contribution in [0.5, 0.6) is 0 Å². The maximum atomic E-state index is 12.1. The number of guanidine groups is 1. The minimum atomic E-state index is 0. The Morgan fingerprint density at radius 2 is 1.83 bits per heavy atom. The average molecular weight is 520 g/mol. The van der Waals surface area contributed by atoms with Crippen LogP contribution in [0.25, 0.3) is 0 Å². The van der Waals surface area contributed by atoms with Gasteiger partial charge in [-0.1, -0.05) is 30.3 Å². The molecule has 1 aliphatic rings. The van der Waals surface area contributed by atoms with E-state index in [0.717, 1.165) is 36.6 Å². The molecule has 2 aromatic carbocycles. The molecule has 5 nitrogen and oxygen atoms in total. The summed E-state index contributed by atoms with van der Waals surface area (Å²) >= 11 is 0. The monoisotopic (exact) mass is 520 g/mol. The second-order valence-electron chi connectivity index (χ2n) is 7.73. The largest absolute Gasteiger partial charge is 0.357 e. The number of hydrogen-bond donors (Lipinski definition) is 2. The van der Waals surface area contributed by atoms with Crippen LogP contribution in [0, 0.1) is 0 Å². The Morgan fingerprint density at radius 1 is 1.03 bits per heavy atom. The first-order valence-corrected chi connectivity index (χ1v) is 10.5. The van der Waals surface area contributed by atoms with Gasteiger partial charge in [0.05, 0.1) is 6.54 Å². The minimum Gasteiger partial charge on any atom is -0.357 e. The van der Waals surface area contributed by atoms with Crippen LogP contribution in [0.4, 0.5) is 0 Å². The SMILES string of the molecule is CCNC(=NCc1ccc2c(c1)CCC2)NCCc1cccc(C(=O)N(C)C)c1.I. The van der Waals surface area contributed by atoms with Crippen LogP contribution in [0.15, 0.2) is 47.5 Å². The summed E-state index contributed by atoms with van der Waals surface area (Å²) in [6, 6.07) is 14.6. The molecule has 0 unspecified atom stereocenters. The maximum absolute atomic E-state index is 12.1. The van der Waals surface area contributed by atoms with E-state index in [9.17, 15) is 4.79 Å². The van der Waals surface area contributed by atoms with Crippen LogP contribution in [0.1, 0.15) is 46.0 Å². The van der Waals surface area contributed by atoms with Gasteiger partial charge in [0.1, 0.15) is 0 Å². The van der Waals surface area contributed by atoms with Gasteiger partial charge in [0.15, 0.2) is 5.96 Å². The molecular formula is C24H33IN4O. The number of aryl methyl sites for hydroxylation is 2. The predicted octanol–water partition coefficient (Wildman–Crippen LogP) is 3.79. The van der Waals surface area contributed by atoms with Crippen molar-refractivity contribution < 1.29 is 4.79 Å². The van der Waals surface area contributed by atoms with Gasteiger partial charge in [-0.2, -0.15) is 0 Å². The number of carbonyl (C=O) groups is 1. The molecule has 0 spiro atoms. The molecule has 0 aliphatic heterocycles. The highest BCUT2D eigenvalue weighted by molar-refractivity contribution is 14.0. The van der Waals surface area contributed by atoms with Crippen molar-refractivity contribution in [2.45, 2.75) is 39.2 Å². The molecule has 0 saturated carbocycles. The summed E-state index contributed by atoms with van der Waals surface area (Å²) in [5.74, 6) is 0.859. The van der Waals surface area contributed by atoms with Gasteiger partial charge in [0, 0.05) is 32.7 Å². The molecule has 0 aromatic heterocycles. The number of benzene rings is 2. The van der Waals surface area contributed by atoms with E-state index < -0.39 is 0 Å². The molecule has 0 bridgehead atoms. The predicted molar refractivity (Wildman–Crippen MR) is 135 cm³/mol. The third-order valence-electron chi connectivity index (χ3n) is 5.21. The van der Waals surface area contributed by atoms with Crippen molar-refractivity contribution in [2.24, 2.45) is 4.99 Å². The highest BCUT2D eigenvalue weighted by Gasteiger charge is 2.11. The van der Waals surface area contributed by atoms with E-state index in [0.29, 0.717) is 6.54 Å². The topological polar surface area (TPSA) is 56.7 Å². The van der Waals surface area contributed by atoms with E-state index in [1.807, 2.05) is 18.2 Å². The molecule has 0 radical (unpaired) electrons. The number of hydrogen-bond acceptors (Lipinski definition) is 2. The van der Waals surface area contributed by atoms with Crippen molar-refractivity contribution in [3.8, 4) is 0 Å². The molecule has 0 heterocycles. The summed E-state index contributed by atoms with van der Waals surface area (Å²) in [5.41, 5.74) is 6.11. The number of nitrogens with zero attached hydrogens (tertiary/aromatic N) is 2. The Morgan fingerprint density at radius 3 is 2.60 bits per heavy atom. The van der Waals surface area contributed by atoms with Gasteiger partial charge in [0.25, 0.3) is 5.91 Å². The summed E-state index contributed by atoms with van der Waals surface area (Å²) in [4.78, 5) is 18.5. The Hall–Kier alpha value is -2.09. The summed E-state index contributed by atoms with van der Waals surface area (Å²) in [7, 11) is 3.55. The van der Waals surface area contributed by atoms with Gasteiger partial charge < -0.3 is 15.5 Å². The number of nitrogens with one attached hydrogen (secondary N) is 2. The lowest BCUT2D eigenvalue weighted by Crippen LogP contribution is -2.38. The minimum absolute atomic E-state index is 0. The molecule has 1 amide bonds. The van der Waals surface area contributed by atoms with Gasteiger partial charge in [0.2, 0.25) is 0 Å². The van der Waals surface area contributed by atoms with Gasteiger partial charge in [-0.25, -0.2) is 4.99 Å². The molecule has 1 aliphatic carbocycles. The molecule has 0 atom stereocenters. The number of fused-ring (bicyclic) bond motifs is 1. The summed E-state index contributed by atoms with van der Waals surface area (Å²) in [6.07, 6.45) is 4.51. The second kappa shape index (κ2) is 11.9. The van der Waals surface area contributed by atoms with Crippen LogP contribution in [-0.4, -0.2) is 44.0 Å². The van der Waals surface area contributed by atoms with E-state index in [2.05, 4.69) is 41.8 Å². The van der Waals surface area contributed by atoms with Crippen molar-refractivity contribution in [1.82, 2.24) is 15.5 Å². The standard InChI is InChI=1S/C24H32N4O.HI/c1-4-25-24(27-17-19-11-12-20-8-6-9-21(20)16-19)26-14-13-18-7-5-10-22(15-18)23(29)28(2)3;/h5,7,10-12,15-16H,4,6,8-9,13-14,17H2,1-3H3,(H2,25,26,27);1H. The quantitative estimate of drug-likeness (QED) is 0.332. The molecule has 162 valence electrons. The molecule has 0 saturated heterocycles. The number of amides is 1. The van der Waals surface area contributed by atoms with E-state index in [-0.39, 0.29) is 29.9 Å². The summed E-state index contributed by atoms with van der Waals surface area (Å²) in [5, 5.41) is 6.72. The van der Waals surface area contributed by atoms with Crippen LogP contribution < -0.4 is 10.6 Å². The Balaban J connectivity index is 0.00000320. The highest BCUT2D eigenvalue weighted by atomic mass is 127. The normalized spacial score (nSPS) is 12.7. The van der Waals surface area contributed by atoms with Crippen molar-refractivity contribution in [3.05, 3.63) is 70.3 Å². The van der Waals surface area contributed by atoms with Gasteiger partial charge in [-0.05, 0) is 67.0 Å². The maximum Gasteiger partial charge on any atom is 0.253 e. The first-order chi connectivity index (χ1) is 14.1. The fourth-order valence-electron chi connectivity index (χ4n) is 3.68. The Kier molecular flexibility index (Phi) is 9.62. The lowest BCUT2D eigenvalue weighted by atomic mass is 10.1. The zero-order chi connectivity index (χ0) is 20.6. The molecule has 0 fully saturated rings. The second-order valence-corrected chi connectivity index (χ2v) is 7.73. The third-order valence-corrected chi connectivity index (χ3v) is 5.21. The van der Waals surface area contributed by atoms with Gasteiger partial charge >= 0.3 is 0 Å². The molecular weight excluding hydrogens is 487 g/mol. The number of aliphatic imine (C=N–C) groups is 1. The van der Waals surface area contributed by atoms with Crippen molar-refractivity contribution in [2.75, 3.05) is 27.2 Å². The van der Waals surface area contributed by atoms with Crippen molar-refractivity contribution in [1.29, 1.82) is 0 Å². The lowest BCUT2D eigenvalue weighted by Gasteiger charge is -2.13. The average Bonchev–Trinajstić information content (AvgIpc) is 3.19. The zero-order valence-electron chi connectivity index (χ0n) is 18.2. The number of rotatable bonds is 7. The molecule has 2 aromatic rings. The van der Waals surface area contributed by atoms with E-state index in [1.54, 1.807) is 19.0 Å². The van der Waals surface area contributed by atoms with Crippen LogP contribution in [-0.2, 0) is 25.8 Å². The fraction of sp³-hybridized carbons (Fsp3) is 0.417. The molecule has 6 heteroatoms. The summed E-state index contributed by atoms with van der Waals surface area (Å²) in [6.45, 7) is 4.33. The third kappa shape index (κ3) is 6.72. The lowest BCUT2D eigenvalue weighted by molar-refractivity contribution is 0.0827. The van der Waals surface area contributed by atoms with E-state index in [1.165, 1.54) is 36.0 Å². The van der Waals surface area contributed by atoms with E-state index >= 15 is 0 Å². The highest BCUT2D eigenvalue weighted by Crippen LogP contribution is 2.23. The molecule has 3 rings (SSSR count). The zero-order valence-corrected chi connectivity index (χ0v) is 20.5. The summed E-state index contributed by atoms with van der Waals surface area (Å²) < 4.78 is 0. The van der Waals surface area contributed by atoms with E-state index in [4.69, 9.17) is 4.99 Å². The Bertz CT molecular complexity index is 879. The first-order valence-electron chi connectivity index (χ1n) is 10.5. The molecule has 2 N–H and O–H groups in total. The van der Waals surface area contributed by atoms with Crippen molar-refractivity contribution >= 4 is 35.8 Å². The smallest absolute Gasteiger partial charge is 0.253 e. The van der Waals surface area contributed by atoms with Crippen LogP contribution in [0.3, 0.4) is 0 Å². The fourth-order valence-corrected chi connectivity index (χ4v) is 3.68. The Labute approximate surface area is 197 Å². The molecule has 30 heavy (non-hydrogen) atoms. The first kappa shape index (κ1) is 24.2. The van der Waals surface area contributed by atoms with Gasteiger partial charge in [-0.15, -0.1) is 24.0 Å². The number of halogens is 1. The van der Waals surface area contributed by atoms with Crippen LogP contribution >= 0.6 is 24.0 Å². The van der Waals surface area contributed by atoms with Crippen LogP contribution in [0.2, 0.25) is 0 Å².